The minimum atomic E-state index is -0.777. The highest BCUT2D eigenvalue weighted by Gasteiger charge is 2.34. The second-order valence-electron chi connectivity index (χ2n) is 9.06. The van der Waals surface area contributed by atoms with E-state index in [1.165, 1.54) is 18.5 Å². The second kappa shape index (κ2) is 10.2. The van der Waals surface area contributed by atoms with Gasteiger partial charge in [-0.1, -0.05) is 19.1 Å². The molecule has 2 aliphatic rings. The van der Waals surface area contributed by atoms with Crippen molar-refractivity contribution in [2.45, 2.75) is 45.3 Å². The van der Waals surface area contributed by atoms with Gasteiger partial charge in [0.05, 0.1) is 36.7 Å². The van der Waals surface area contributed by atoms with Gasteiger partial charge in [0.2, 0.25) is 5.91 Å². The van der Waals surface area contributed by atoms with Gasteiger partial charge in [-0.15, -0.1) is 0 Å². The number of rotatable bonds is 5. The molecule has 0 aliphatic carbocycles. The molecule has 0 spiro atoms. The summed E-state index contributed by atoms with van der Waals surface area (Å²) < 4.78 is 11.5. The zero-order valence-corrected chi connectivity index (χ0v) is 19.5. The van der Waals surface area contributed by atoms with Crippen molar-refractivity contribution in [2.24, 2.45) is 11.7 Å². The smallest absolute Gasteiger partial charge is 0.313 e. The number of piperidine rings is 1. The average molecular weight is 467 g/mol. The van der Waals surface area contributed by atoms with Gasteiger partial charge in [0.25, 0.3) is 0 Å². The van der Waals surface area contributed by atoms with Gasteiger partial charge in [-0.25, -0.2) is 0 Å². The van der Waals surface area contributed by atoms with E-state index in [0.717, 1.165) is 36.1 Å². The third-order valence-electron chi connectivity index (χ3n) is 6.32. The fourth-order valence-electron chi connectivity index (χ4n) is 4.48. The van der Waals surface area contributed by atoms with Crippen LogP contribution >= 0.6 is 0 Å². The monoisotopic (exact) mass is 466 g/mol. The van der Waals surface area contributed by atoms with E-state index < -0.39 is 17.7 Å². The highest BCUT2D eigenvalue weighted by Crippen LogP contribution is 2.35. The highest BCUT2D eigenvalue weighted by atomic mass is 16.5. The summed E-state index contributed by atoms with van der Waals surface area (Å²) in [4.78, 5) is 42.9. The molecule has 180 valence electrons. The summed E-state index contributed by atoms with van der Waals surface area (Å²) in [5.41, 5.74) is 7.62. The van der Waals surface area contributed by atoms with E-state index >= 15 is 0 Å². The summed E-state index contributed by atoms with van der Waals surface area (Å²) >= 11 is 0. The van der Waals surface area contributed by atoms with Crippen LogP contribution in [0, 0.1) is 12.8 Å². The quantitative estimate of drug-likeness (QED) is 0.653. The number of amides is 3. The number of hydrogen-bond acceptors (Lipinski definition) is 6. The Morgan fingerprint density at radius 3 is 2.71 bits per heavy atom. The number of benzene rings is 1. The Kier molecular flexibility index (Phi) is 7.12. The van der Waals surface area contributed by atoms with Crippen LogP contribution in [0.1, 0.15) is 53.7 Å². The highest BCUT2D eigenvalue weighted by molar-refractivity contribution is 6.39. The summed E-state index contributed by atoms with van der Waals surface area (Å²) in [6, 6.07) is 7.12. The Bertz CT molecular complexity index is 1080. The lowest BCUT2D eigenvalue weighted by atomic mass is 9.89. The van der Waals surface area contributed by atoms with Crippen molar-refractivity contribution in [1.29, 1.82) is 0 Å². The number of nitrogens with zero attached hydrogens (tertiary/aromatic N) is 2. The van der Waals surface area contributed by atoms with Crippen molar-refractivity contribution >= 4 is 23.4 Å². The number of primary amides is 1. The zero-order chi connectivity index (χ0) is 24.2. The standard InChI is InChI=1S/C25H30N4O5/c1-15-3-5-21(17-4-6-22(16(2)9-17)34-20-7-8-33-14-20)29(13-15)25(32)24(31)28-19-10-18(23(26)30)11-27-12-19/h4,6,9-12,15,20-21H,3,5,7-8,13-14H2,1-2H3,(H2,26,30)(H,28,31)/t15-,20?,21+/m0/s1. The number of pyridine rings is 1. The first kappa shape index (κ1) is 23.7. The second-order valence-corrected chi connectivity index (χ2v) is 9.06. The summed E-state index contributed by atoms with van der Waals surface area (Å²) in [5, 5.41) is 2.55. The number of ether oxygens (including phenoxy) is 2. The van der Waals surface area contributed by atoms with Gasteiger partial charge in [-0.3, -0.25) is 19.4 Å². The SMILES string of the molecule is Cc1cc([C@H]2CC[C@H](C)CN2C(=O)C(=O)Nc2cncc(C(N)=O)c2)ccc1OC1CCOC1. The summed E-state index contributed by atoms with van der Waals surface area (Å²) in [6.07, 6.45) is 5.32. The van der Waals surface area contributed by atoms with Crippen molar-refractivity contribution in [3.05, 3.63) is 53.3 Å². The molecule has 2 saturated heterocycles. The van der Waals surface area contributed by atoms with E-state index in [4.69, 9.17) is 15.2 Å². The maximum absolute atomic E-state index is 13.2. The van der Waals surface area contributed by atoms with E-state index in [1.54, 1.807) is 4.90 Å². The molecule has 9 nitrogen and oxygen atoms in total. The molecule has 4 rings (SSSR count). The molecule has 0 bridgehead atoms. The van der Waals surface area contributed by atoms with Crippen LogP contribution in [0.3, 0.4) is 0 Å². The number of carbonyl (C=O) groups excluding carboxylic acids is 3. The van der Waals surface area contributed by atoms with E-state index in [1.807, 2.05) is 25.1 Å². The Balaban J connectivity index is 1.50. The predicted octanol–water partition coefficient (Wildman–Crippen LogP) is 2.59. The summed E-state index contributed by atoms with van der Waals surface area (Å²) in [6.45, 7) is 5.84. The Morgan fingerprint density at radius 2 is 2.00 bits per heavy atom. The van der Waals surface area contributed by atoms with Gasteiger partial charge in [-0.05, 0) is 48.9 Å². The lowest BCUT2D eigenvalue weighted by Gasteiger charge is -2.38. The van der Waals surface area contributed by atoms with Crippen LogP contribution in [0.15, 0.2) is 36.7 Å². The van der Waals surface area contributed by atoms with Crippen molar-refractivity contribution in [3.8, 4) is 5.75 Å². The van der Waals surface area contributed by atoms with E-state index in [0.29, 0.717) is 19.8 Å². The first-order valence-corrected chi connectivity index (χ1v) is 11.5. The molecule has 1 unspecified atom stereocenters. The molecule has 3 amide bonds. The molecule has 0 radical (unpaired) electrons. The fraction of sp³-hybridized carbons (Fsp3) is 0.440. The molecular weight excluding hydrogens is 436 g/mol. The lowest BCUT2D eigenvalue weighted by Crippen LogP contribution is -2.46. The third kappa shape index (κ3) is 5.36. The Morgan fingerprint density at radius 1 is 1.18 bits per heavy atom. The average Bonchev–Trinajstić information content (AvgIpc) is 3.33. The van der Waals surface area contributed by atoms with Crippen LogP contribution in [0.4, 0.5) is 5.69 Å². The molecule has 3 N–H and O–H groups in total. The largest absolute Gasteiger partial charge is 0.488 e. The van der Waals surface area contributed by atoms with Crippen LogP contribution in [-0.4, -0.2) is 53.5 Å². The van der Waals surface area contributed by atoms with Crippen molar-refractivity contribution in [1.82, 2.24) is 9.88 Å². The number of aryl methyl sites for hydroxylation is 1. The minimum absolute atomic E-state index is 0.0596. The number of hydrogen-bond donors (Lipinski definition) is 2. The van der Waals surface area contributed by atoms with Crippen molar-refractivity contribution in [2.75, 3.05) is 25.1 Å². The van der Waals surface area contributed by atoms with Gasteiger partial charge in [0.15, 0.2) is 0 Å². The lowest BCUT2D eigenvalue weighted by molar-refractivity contribution is -0.146. The van der Waals surface area contributed by atoms with Gasteiger partial charge < -0.3 is 25.4 Å². The van der Waals surface area contributed by atoms with Gasteiger partial charge in [0, 0.05) is 19.2 Å². The third-order valence-corrected chi connectivity index (χ3v) is 6.32. The van der Waals surface area contributed by atoms with E-state index in [9.17, 15) is 14.4 Å². The van der Waals surface area contributed by atoms with Crippen molar-refractivity contribution in [3.63, 3.8) is 0 Å². The Labute approximate surface area is 198 Å². The van der Waals surface area contributed by atoms with Crippen LogP contribution in [0.2, 0.25) is 0 Å². The molecule has 2 fully saturated rings. The van der Waals surface area contributed by atoms with E-state index in [-0.39, 0.29) is 29.3 Å². The molecule has 3 heterocycles. The number of aromatic nitrogens is 1. The number of nitrogens with one attached hydrogen (secondary N) is 1. The van der Waals surface area contributed by atoms with E-state index in [2.05, 4.69) is 17.2 Å². The topological polar surface area (TPSA) is 124 Å². The van der Waals surface area contributed by atoms with Crippen LogP contribution < -0.4 is 15.8 Å². The molecule has 0 saturated carbocycles. The number of nitrogens with two attached hydrogens (primary N) is 1. The van der Waals surface area contributed by atoms with Gasteiger partial charge in [0.1, 0.15) is 11.9 Å². The molecule has 2 aliphatic heterocycles. The maximum atomic E-state index is 13.2. The fourth-order valence-corrected chi connectivity index (χ4v) is 4.48. The van der Waals surface area contributed by atoms with Crippen LogP contribution in [-0.2, 0) is 14.3 Å². The summed E-state index contributed by atoms with van der Waals surface area (Å²) in [5.74, 6) is -0.981. The van der Waals surface area contributed by atoms with Crippen LogP contribution in [0.25, 0.3) is 0 Å². The van der Waals surface area contributed by atoms with Gasteiger partial charge in [-0.2, -0.15) is 0 Å². The molecule has 3 atom stereocenters. The number of anilines is 1. The first-order chi connectivity index (χ1) is 16.3. The minimum Gasteiger partial charge on any atom is -0.488 e. The first-order valence-electron chi connectivity index (χ1n) is 11.5. The molecule has 9 heteroatoms. The summed E-state index contributed by atoms with van der Waals surface area (Å²) in [7, 11) is 0. The molecular formula is C25H30N4O5. The number of carbonyl (C=O) groups is 3. The predicted molar refractivity (Wildman–Crippen MR) is 125 cm³/mol. The van der Waals surface area contributed by atoms with Crippen molar-refractivity contribution < 1.29 is 23.9 Å². The normalized spacial score (nSPS) is 22.3. The molecule has 1 aromatic carbocycles. The number of likely N-dealkylation sites (tertiary alicyclic amines) is 1. The Hall–Kier alpha value is -3.46. The molecule has 2 aromatic rings. The zero-order valence-electron chi connectivity index (χ0n) is 19.5. The van der Waals surface area contributed by atoms with Crippen LogP contribution in [0.5, 0.6) is 5.75 Å². The maximum Gasteiger partial charge on any atom is 0.313 e. The molecule has 34 heavy (non-hydrogen) atoms. The van der Waals surface area contributed by atoms with Gasteiger partial charge >= 0.3 is 11.8 Å². The molecule has 1 aromatic heterocycles.